The zero-order valence-electron chi connectivity index (χ0n) is 17.4. The second kappa shape index (κ2) is 9.61. The first-order valence-electron chi connectivity index (χ1n) is 10.3. The van der Waals surface area contributed by atoms with E-state index in [1.54, 1.807) is 4.90 Å². The van der Waals surface area contributed by atoms with Crippen molar-refractivity contribution < 1.29 is 23.6 Å². The molecule has 2 aliphatic rings. The summed E-state index contributed by atoms with van der Waals surface area (Å²) in [5.41, 5.74) is 5.85. The third-order valence-corrected chi connectivity index (χ3v) is 6.35. The van der Waals surface area contributed by atoms with Gasteiger partial charge in [0, 0.05) is 10.6 Å². The van der Waals surface area contributed by atoms with Crippen LogP contribution in [0.4, 0.5) is 0 Å². The highest BCUT2D eigenvalue weighted by molar-refractivity contribution is 7.32. The van der Waals surface area contributed by atoms with Gasteiger partial charge in [-0.25, -0.2) is 0 Å². The van der Waals surface area contributed by atoms with Gasteiger partial charge in [-0.1, -0.05) is 51.5 Å². The molecule has 8 nitrogen and oxygen atoms in total. The van der Waals surface area contributed by atoms with Crippen molar-refractivity contribution in [1.29, 1.82) is 0 Å². The molecule has 160 valence electrons. The Morgan fingerprint density at radius 3 is 2.54 bits per heavy atom. The summed E-state index contributed by atoms with van der Waals surface area (Å²) < 4.78 is 16.0. The van der Waals surface area contributed by atoms with Crippen LogP contribution in [-0.4, -0.2) is 46.0 Å². The van der Waals surface area contributed by atoms with E-state index in [0.717, 1.165) is 25.7 Å². The zero-order valence-corrected chi connectivity index (χ0v) is 18.3. The van der Waals surface area contributed by atoms with Crippen LogP contribution in [0.2, 0.25) is 0 Å². The number of fused-ring (bicyclic) bond motifs is 1. The molecule has 6 atom stereocenters. The summed E-state index contributed by atoms with van der Waals surface area (Å²) in [6, 6.07) is -1.28. The van der Waals surface area contributed by atoms with Crippen LogP contribution < -0.4 is 11.1 Å². The lowest BCUT2D eigenvalue weighted by Gasteiger charge is -2.38. The molecule has 0 spiro atoms. The topological polar surface area (TPSA) is 122 Å². The number of hydrogen-bond acceptors (Lipinski definition) is 5. The molecule has 0 radical (unpaired) electrons. The Balaban J connectivity index is 2.22. The van der Waals surface area contributed by atoms with E-state index in [0.29, 0.717) is 25.2 Å². The molecule has 0 aromatic rings. The van der Waals surface area contributed by atoms with Crippen LogP contribution in [0.1, 0.15) is 72.6 Å². The summed E-state index contributed by atoms with van der Waals surface area (Å²) in [6.07, 6.45) is 4.88. The number of nitrogens with zero attached hydrogens (tertiary/aromatic N) is 1. The SMILES string of the molecule is CCCC(NC(=O)[C@H]1C[C@@H]2CCCC[C@@H]2N1C(=O)[C@@H](N)C(C)(C)C)O[P+](=O)O. The van der Waals surface area contributed by atoms with Gasteiger partial charge >= 0.3 is 8.25 Å². The summed E-state index contributed by atoms with van der Waals surface area (Å²) >= 11 is 0. The van der Waals surface area contributed by atoms with Crippen molar-refractivity contribution in [2.45, 2.75) is 97.0 Å². The predicted molar refractivity (Wildman–Crippen MR) is 106 cm³/mol. The van der Waals surface area contributed by atoms with Crippen molar-refractivity contribution in [2.24, 2.45) is 17.1 Å². The fraction of sp³-hybridized carbons (Fsp3) is 0.895. The number of nitrogens with one attached hydrogen (secondary N) is 1. The maximum Gasteiger partial charge on any atom is 0.696 e. The first kappa shape index (κ1) is 23.2. The molecule has 1 aliphatic heterocycles. The van der Waals surface area contributed by atoms with Crippen LogP contribution in [0.3, 0.4) is 0 Å². The van der Waals surface area contributed by atoms with E-state index in [4.69, 9.17) is 15.2 Å². The molecule has 4 N–H and O–H groups in total. The van der Waals surface area contributed by atoms with E-state index in [-0.39, 0.29) is 17.9 Å². The first-order valence-corrected chi connectivity index (χ1v) is 11.4. The standard InChI is InChI=1S/C19H34N3O5P/c1-5-8-15(27-28(25)26)21-17(23)14-11-12-9-6-7-10-13(12)22(14)18(24)16(20)19(2,3)4/h12-16H,5-11,20H2,1-4H3,(H-,21,23,25,26)/p+1/t12-,13-,14+,15?,16+/m0/s1. The van der Waals surface area contributed by atoms with E-state index >= 15 is 0 Å². The monoisotopic (exact) mass is 416 g/mol. The molecule has 2 amide bonds. The summed E-state index contributed by atoms with van der Waals surface area (Å²) in [7, 11) is -2.82. The third-order valence-electron chi connectivity index (χ3n) is 5.92. The van der Waals surface area contributed by atoms with Crippen LogP contribution in [0.15, 0.2) is 0 Å². The molecule has 9 heteroatoms. The fourth-order valence-electron chi connectivity index (χ4n) is 4.32. The predicted octanol–water partition coefficient (Wildman–Crippen LogP) is 2.43. The Hall–Kier alpha value is -1.08. The minimum absolute atomic E-state index is 0.0328. The Kier molecular flexibility index (Phi) is 7.97. The molecule has 2 unspecified atom stereocenters. The van der Waals surface area contributed by atoms with E-state index < -0.39 is 32.0 Å². The lowest BCUT2D eigenvalue weighted by Crippen LogP contribution is -2.58. The van der Waals surface area contributed by atoms with Crippen molar-refractivity contribution in [3.05, 3.63) is 0 Å². The normalized spacial score (nSPS) is 27.7. The molecule has 28 heavy (non-hydrogen) atoms. The van der Waals surface area contributed by atoms with E-state index in [1.165, 1.54) is 0 Å². The van der Waals surface area contributed by atoms with Gasteiger partial charge < -0.3 is 16.0 Å². The van der Waals surface area contributed by atoms with Gasteiger partial charge in [-0.05, 0) is 37.0 Å². The molecule has 1 aliphatic carbocycles. The number of nitrogens with two attached hydrogens (primary N) is 1. The van der Waals surface area contributed by atoms with Gasteiger partial charge in [-0.15, -0.1) is 4.89 Å². The van der Waals surface area contributed by atoms with Gasteiger partial charge in [0.2, 0.25) is 11.8 Å². The maximum atomic E-state index is 13.3. The quantitative estimate of drug-likeness (QED) is 0.433. The first-order chi connectivity index (χ1) is 13.1. The minimum Gasteiger partial charge on any atom is -0.326 e. The Morgan fingerprint density at radius 2 is 1.96 bits per heavy atom. The van der Waals surface area contributed by atoms with Crippen molar-refractivity contribution in [2.75, 3.05) is 0 Å². The van der Waals surface area contributed by atoms with Crippen LogP contribution in [0, 0.1) is 11.3 Å². The molecule has 0 aromatic heterocycles. The molecule has 1 saturated heterocycles. The summed E-state index contributed by atoms with van der Waals surface area (Å²) in [4.78, 5) is 37.1. The molecule has 1 heterocycles. The van der Waals surface area contributed by atoms with Gasteiger partial charge in [-0.2, -0.15) is 0 Å². The van der Waals surface area contributed by atoms with Crippen LogP contribution >= 0.6 is 8.25 Å². The highest BCUT2D eigenvalue weighted by Crippen LogP contribution is 2.41. The van der Waals surface area contributed by atoms with Crippen molar-refractivity contribution in [1.82, 2.24) is 10.2 Å². The summed E-state index contributed by atoms with van der Waals surface area (Å²) in [5.74, 6) is -0.233. The highest BCUT2D eigenvalue weighted by atomic mass is 31.1. The zero-order chi connectivity index (χ0) is 21.1. The minimum atomic E-state index is -2.82. The van der Waals surface area contributed by atoms with Crippen molar-refractivity contribution in [3.63, 3.8) is 0 Å². The number of amides is 2. The lowest BCUT2D eigenvalue weighted by molar-refractivity contribution is -0.144. The van der Waals surface area contributed by atoms with Gasteiger partial charge in [-0.3, -0.25) is 9.59 Å². The van der Waals surface area contributed by atoms with E-state index in [2.05, 4.69) is 5.32 Å². The Labute approximate surface area is 168 Å². The van der Waals surface area contributed by atoms with Crippen molar-refractivity contribution >= 4 is 20.1 Å². The van der Waals surface area contributed by atoms with E-state index in [1.807, 2.05) is 27.7 Å². The number of likely N-dealkylation sites (tertiary alicyclic amines) is 1. The smallest absolute Gasteiger partial charge is 0.326 e. The Morgan fingerprint density at radius 1 is 1.32 bits per heavy atom. The molecule has 2 fully saturated rings. The lowest BCUT2D eigenvalue weighted by atomic mass is 9.83. The number of carbonyl (C=O) groups is 2. The van der Waals surface area contributed by atoms with Gasteiger partial charge in [0.05, 0.1) is 6.04 Å². The van der Waals surface area contributed by atoms with Gasteiger partial charge in [0.15, 0.2) is 6.23 Å². The number of hydrogen-bond donors (Lipinski definition) is 3. The van der Waals surface area contributed by atoms with E-state index in [9.17, 15) is 14.2 Å². The van der Waals surface area contributed by atoms with Crippen LogP contribution in [0.25, 0.3) is 0 Å². The second-order valence-corrected chi connectivity index (χ2v) is 9.77. The second-order valence-electron chi connectivity index (χ2n) is 9.08. The fourth-order valence-corrected chi connectivity index (χ4v) is 4.70. The molecule has 0 aromatic carbocycles. The number of rotatable bonds is 7. The van der Waals surface area contributed by atoms with Crippen LogP contribution in [0.5, 0.6) is 0 Å². The largest absolute Gasteiger partial charge is 0.696 e. The molecule has 0 bridgehead atoms. The molecule has 1 saturated carbocycles. The van der Waals surface area contributed by atoms with Gasteiger partial charge in [0.1, 0.15) is 6.04 Å². The van der Waals surface area contributed by atoms with Crippen molar-refractivity contribution in [3.8, 4) is 0 Å². The average molecular weight is 416 g/mol. The Bertz CT molecular complexity index is 595. The molecule has 2 rings (SSSR count). The summed E-state index contributed by atoms with van der Waals surface area (Å²) in [5, 5.41) is 2.72. The molecular formula is C19H35N3O5P+. The maximum absolute atomic E-state index is 13.3. The highest BCUT2D eigenvalue weighted by Gasteiger charge is 2.49. The third kappa shape index (κ3) is 5.50. The van der Waals surface area contributed by atoms with Crippen LogP contribution in [-0.2, 0) is 18.7 Å². The molecular weight excluding hydrogens is 381 g/mol. The number of carbonyl (C=O) groups excluding carboxylic acids is 2. The summed E-state index contributed by atoms with van der Waals surface area (Å²) in [6.45, 7) is 7.65. The average Bonchev–Trinajstić information content (AvgIpc) is 2.99. The van der Waals surface area contributed by atoms with Gasteiger partial charge in [0.25, 0.3) is 0 Å².